The van der Waals surface area contributed by atoms with E-state index < -0.39 is 0 Å². The van der Waals surface area contributed by atoms with Gasteiger partial charge in [-0.05, 0) is 59.2 Å². The SMILES string of the molecule is CN=C(NCCCCN1CCCC1)NC(C)C.I. The minimum atomic E-state index is 0. The zero-order chi connectivity index (χ0) is 12.5. The van der Waals surface area contributed by atoms with Gasteiger partial charge in [0.25, 0.3) is 0 Å². The molecule has 0 radical (unpaired) electrons. The van der Waals surface area contributed by atoms with Crippen LogP contribution in [0.15, 0.2) is 4.99 Å². The Bertz CT molecular complexity index is 225. The molecule has 0 unspecified atom stereocenters. The van der Waals surface area contributed by atoms with E-state index in [-0.39, 0.29) is 24.0 Å². The summed E-state index contributed by atoms with van der Waals surface area (Å²) in [5.74, 6) is 0.918. The van der Waals surface area contributed by atoms with E-state index in [1.54, 1.807) is 0 Å². The maximum absolute atomic E-state index is 4.19. The van der Waals surface area contributed by atoms with E-state index in [1.165, 1.54) is 45.3 Å². The first-order valence-corrected chi connectivity index (χ1v) is 6.92. The molecule has 0 amide bonds. The molecule has 1 aliphatic rings. The van der Waals surface area contributed by atoms with Crippen molar-refractivity contribution in [3.8, 4) is 0 Å². The third-order valence-corrected chi connectivity index (χ3v) is 3.04. The number of hydrogen-bond acceptors (Lipinski definition) is 2. The minimum Gasteiger partial charge on any atom is -0.356 e. The molecular weight excluding hydrogens is 339 g/mol. The number of nitrogens with one attached hydrogen (secondary N) is 2. The molecule has 0 aromatic rings. The highest BCUT2D eigenvalue weighted by molar-refractivity contribution is 14.0. The van der Waals surface area contributed by atoms with Crippen molar-refractivity contribution in [1.82, 2.24) is 15.5 Å². The fourth-order valence-corrected chi connectivity index (χ4v) is 2.14. The Morgan fingerprint density at radius 3 is 2.44 bits per heavy atom. The first-order valence-electron chi connectivity index (χ1n) is 6.92. The first-order chi connectivity index (χ1) is 8.22. The molecule has 0 aliphatic carbocycles. The molecule has 0 aromatic carbocycles. The summed E-state index contributed by atoms with van der Waals surface area (Å²) in [5.41, 5.74) is 0. The number of guanidine groups is 1. The summed E-state index contributed by atoms with van der Waals surface area (Å²) in [6, 6.07) is 0.436. The quantitative estimate of drug-likeness (QED) is 0.326. The van der Waals surface area contributed by atoms with Crippen LogP contribution >= 0.6 is 24.0 Å². The van der Waals surface area contributed by atoms with Gasteiger partial charge in [-0.15, -0.1) is 24.0 Å². The van der Waals surface area contributed by atoms with Gasteiger partial charge in [-0.1, -0.05) is 0 Å². The van der Waals surface area contributed by atoms with Crippen LogP contribution in [-0.4, -0.2) is 50.1 Å². The van der Waals surface area contributed by atoms with Crippen molar-refractivity contribution in [1.29, 1.82) is 0 Å². The van der Waals surface area contributed by atoms with Crippen LogP contribution in [0.2, 0.25) is 0 Å². The van der Waals surface area contributed by atoms with Crippen LogP contribution < -0.4 is 10.6 Å². The second-order valence-corrected chi connectivity index (χ2v) is 5.05. The van der Waals surface area contributed by atoms with Crippen LogP contribution in [0.25, 0.3) is 0 Å². The summed E-state index contributed by atoms with van der Waals surface area (Å²) >= 11 is 0. The number of aliphatic imine (C=N–C) groups is 1. The summed E-state index contributed by atoms with van der Waals surface area (Å²) in [4.78, 5) is 6.76. The van der Waals surface area contributed by atoms with E-state index in [0.717, 1.165) is 12.5 Å². The number of likely N-dealkylation sites (tertiary alicyclic amines) is 1. The average molecular weight is 368 g/mol. The van der Waals surface area contributed by atoms with E-state index in [1.807, 2.05) is 7.05 Å². The average Bonchev–Trinajstić information content (AvgIpc) is 2.79. The monoisotopic (exact) mass is 368 g/mol. The Balaban J connectivity index is 0.00000289. The Morgan fingerprint density at radius 2 is 1.89 bits per heavy atom. The molecule has 0 saturated carbocycles. The molecule has 1 heterocycles. The van der Waals surface area contributed by atoms with E-state index >= 15 is 0 Å². The third-order valence-electron chi connectivity index (χ3n) is 3.04. The van der Waals surface area contributed by atoms with Crippen LogP contribution in [-0.2, 0) is 0 Å². The van der Waals surface area contributed by atoms with Crippen LogP contribution in [0.1, 0.15) is 39.5 Å². The molecule has 1 fully saturated rings. The Morgan fingerprint density at radius 1 is 1.22 bits per heavy atom. The lowest BCUT2D eigenvalue weighted by Crippen LogP contribution is -2.41. The molecule has 4 nitrogen and oxygen atoms in total. The summed E-state index contributed by atoms with van der Waals surface area (Å²) in [7, 11) is 1.82. The van der Waals surface area contributed by atoms with Crippen LogP contribution in [0.3, 0.4) is 0 Å². The van der Waals surface area contributed by atoms with E-state index in [9.17, 15) is 0 Å². The van der Waals surface area contributed by atoms with Gasteiger partial charge in [0, 0.05) is 19.6 Å². The molecular formula is C13H29IN4. The molecule has 1 aliphatic heterocycles. The smallest absolute Gasteiger partial charge is 0.191 e. The molecule has 18 heavy (non-hydrogen) atoms. The Hall–Kier alpha value is -0.0400. The summed E-state index contributed by atoms with van der Waals surface area (Å²) in [6.07, 6.45) is 5.29. The Kier molecular flexibility index (Phi) is 10.8. The van der Waals surface area contributed by atoms with Crippen molar-refractivity contribution in [2.75, 3.05) is 33.2 Å². The van der Waals surface area contributed by atoms with Gasteiger partial charge in [0.1, 0.15) is 0 Å². The molecule has 5 heteroatoms. The lowest BCUT2D eigenvalue weighted by atomic mass is 10.3. The highest BCUT2D eigenvalue weighted by Crippen LogP contribution is 2.07. The molecule has 1 saturated heterocycles. The maximum atomic E-state index is 4.19. The third kappa shape index (κ3) is 8.13. The number of nitrogens with zero attached hydrogens (tertiary/aromatic N) is 2. The van der Waals surface area contributed by atoms with Gasteiger partial charge in [0.05, 0.1) is 0 Å². The van der Waals surface area contributed by atoms with E-state index in [2.05, 4.69) is 34.4 Å². The molecule has 0 bridgehead atoms. The number of halogens is 1. The van der Waals surface area contributed by atoms with Gasteiger partial charge >= 0.3 is 0 Å². The standard InChI is InChI=1S/C13H28N4.HI/c1-12(2)16-13(14-3)15-8-4-5-9-17-10-6-7-11-17;/h12H,4-11H2,1-3H3,(H2,14,15,16);1H. The van der Waals surface area contributed by atoms with Crippen LogP contribution in [0.4, 0.5) is 0 Å². The van der Waals surface area contributed by atoms with Gasteiger partial charge in [-0.3, -0.25) is 4.99 Å². The van der Waals surface area contributed by atoms with Crippen molar-refractivity contribution in [3.63, 3.8) is 0 Å². The molecule has 1 rings (SSSR count). The number of unbranched alkanes of at least 4 members (excludes halogenated alkanes) is 1. The van der Waals surface area contributed by atoms with Gasteiger partial charge in [0.2, 0.25) is 0 Å². The fraction of sp³-hybridized carbons (Fsp3) is 0.923. The van der Waals surface area contributed by atoms with Crippen molar-refractivity contribution in [2.24, 2.45) is 4.99 Å². The van der Waals surface area contributed by atoms with Crippen molar-refractivity contribution >= 4 is 29.9 Å². The van der Waals surface area contributed by atoms with Crippen molar-refractivity contribution in [2.45, 2.75) is 45.6 Å². The van der Waals surface area contributed by atoms with Crippen molar-refractivity contribution < 1.29 is 0 Å². The lowest BCUT2D eigenvalue weighted by molar-refractivity contribution is 0.330. The molecule has 108 valence electrons. The number of hydrogen-bond donors (Lipinski definition) is 2. The molecule has 2 N–H and O–H groups in total. The van der Waals surface area contributed by atoms with E-state index in [4.69, 9.17) is 0 Å². The van der Waals surface area contributed by atoms with Crippen molar-refractivity contribution in [3.05, 3.63) is 0 Å². The topological polar surface area (TPSA) is 39.7 Å². The fourth-order valence-electron chi connectivity index (χ4n) is 2.14. The summed E-state index contributed by atoms with van der Waals surface area (Å²) in [6.45, 7) is 9.15. The predicted molar refractivity (Wildman–Crippen MR) is 90.0 cm³/mol. The summed E-state index contributed by atoms with van der Waals surface area (Å²) < 4.78 is 0. The first kappa shape index (κ1) is 18.0. The largest absolute Gasteiger partial charge is 0.356 e. The number of rotatable bonds is 6. The normalized spacial score (nSPS) is 16.8. The van der Waals surface area contributed by atoms with Crippen LogP contribution in [0.5, 0.6) is 0 Å². The highest BCUT2D eigenvalue weighted by atomic mass is 127. The van der Waals surface area contributed by atoms with Gasteiger partial charge in [-0.2, -0.15) is 0 Å². The van der Waals surface area contributed by atoms with Crippen LogP contribution in [0, 0.1) is 0 Å². The highest BCUT2D eigenvalue weighted by Gasteiger charge is 2.09. The zero-order valence-electron chi connectivity index (χ0n) is 12.0. The zero-order valence-corrected chi connectivity index (χ0v) is 14.4. The minimum absolute atomic E-state index is 0. The predicted octanol–water partition coefficient (Wildman–Crippen LogP) is 2.05. The van der Waals surface area contributed by atoms with Gasteiger partial charge < -0.3 is 15.5 Å². The van der Waals surface area contributed by atoms with E-state index in [0.29, 0.717) is 6.04 Å². The lowest BCUT2D eigenvalue weighted by Gasteiger charge is -2.16. The van der Waals surface area contributed by atoms with Gasteiger partial charge in [-0.25, -0.2) is 0 Å². The van der Waals surface area contributed by atoms with Gasteiger partial charge in [0.15, 0.2) is 5.96 Å². The second-order valence-electron chi connectivity index (χ2n) is 5.05. The molecule has 0 atom stereocenters. The Labute approximate surface area is 129 Å². The summed E-state index contributed by atoms with van der Waals surface area (Å²) in [5, 5.41) is 6.64. The maximum Gasteiger partial charge on any atom is 0.191 e. The molecule has 0 spiro atoms. The molecule has 0 aromatic heterocycles. The second kappa shape index (κ2) is 10.8.